The van der Waals surface area contributed by atoms with Crippen LogP contribution in [0.3, 0.4) is 0 Å². The number of rotatable bonds is 5. The van der Waals surface area contributed by atoms with Crippen molar-refractivity contribution < 1.29 is 4.39 Å². The molecule has 9 heteroatoms. The van der Waals surface area contributed by atoms with Crippen LogP contribution in [0.25, 0.3) is 33.4 Å². The van der Waals surface area contributed by atoms with Crippen LogP contribution >= 0.6 is 0 Å². The molecular formula is C27H23FN8. The lowest BCUT2D eigenvalue weighted by atomic mass is 10.0. The van der Waals surface area contributed by atoms with Gasteiger partial charge in [0.15, 0.2) is 11.6 Å². The fraction of sp³-hybridized carbons (Fsp3) is 0.148. The first-order valence-corrected chi connectivity index (χ1v) is 11.7. The summed E-state index contributed by atoms with van der Waals surface area (Å²) in [6, 6.07) is 11.9. The van der Waals surface area contributed by atoms with Gasteiger partial charge in [-0.15, -0.1) is 0 Å². The highest BCUT2D eigenvalue weighted by molar-refractivity contribution is 6.16. The van der Waals surface area contributed by atoms with E-state index in [1.54, 1.807) is 31.0 Å². The molecule has 1 aromatic carbocycles. The molecule has 3 N–H and O–H groups in total. The third-order valence-electron chi connectivity index (χ3n) is 5.96. The minimum absolute atomic E-state index is 0.207. The largest absolute Gasteiger partial charge is 0.382 e. The number of pyridine rings is 3. The lowest BCUT2D eigenvalue weighted by molar-refractivity contribution is 0.622. The number of aliphatic imine (C=N–C) groups is 1. The van der Waals surface area contributed by atoms with Gasteiger partial charge in [0.1, 0.15) is 18.1 Å². The molecule has 36 heavy (non-hydrogen) atoms. The van der Waals surface area contributed by atoms with Crippen LogP contribution < -0.4 is 10.6 Å². The first-order valence-electron chi connectivity index (χ1n) is 11.7. The number of nitrogens with one attached hydrogen (secondary N) is 3. The van der Waals surface area contributed by atoms with Gasteiger partial charge in [0.25, 0.3) is 0 Å². The maximum Gasteiger partial charge on any atom is 0.161 e. The third kappa shape index (κ3) is 3.84. The van der Waals surface area contributed by atoms with Gasteiger partial charge in [-0.05, 0) is 43.7 Å². The number of hydrogen-bond acceptors (Lipinski definition) is 7. The number of aromatic nitrogens is 5. The summed E-state index contributed by atoms with van der Waals surface area (Å²) < 4.78 is 16.1. The molecule has 5 aromatic rings. The Kier molecular flexibility index (Phi) is 5.37. The number of benzene rings is 1. The lowest BCUT2D eigenvalue weighted by Crippen LogP contribution is -2.20. The van der Waals surface area contributed by atoms with E-state index in [-0.39, 0.29) is 11.7 Å². The second-order valence-corrected chi connectivity index (χ2v) is 8.84. The number of nitrogens with zero attached hydrogens (tertiary/aromatic N) is 5. The van der Waals surface area contributed by atoms with Crippen molar-refractivity contribution in [3.63, 3.8) is 0 Å². The van der Waals surface area contributed by atoms with E-state index in [2.05, 4.69) is 35.6 Å². The number of aromatic amines is 1. The molecule has 0 aliphatic carbocycles. The smallest absolute Gasteiger partial charge is 0.161 e. The zero-order chi connectivity index (χ0) is 24.6. The highest BCUT2D eigenvalue weighted by atomic mass is 19.1. The van der Waals surface area contributed by atoms with Crippen molar-refractivity contribution >= 4 is 28.1 Å². The first kappa shape index (κ1) is 21.8. The molecule has 0 saturated carbocycles. The molecule has 5 heterocycles. The maximum absolute atomic E-state index is 16.1. The number of para-hydroxylation sites is 1. The van der Waals surface area contributed by atoms with Crippen LogP contribution in [0.2, 0.25) is 0 Å². The Balaban J connectivity index is 1.46. The number of hydrogen-bond donors (Lipinski definition) is 3. The van der Waals surface area contributed by atoms with Crippen LogP contribution in [0, 0.1) is 5.82 Å². The Bertz CT molecular complexity index is 1610. The van der Waals surface area contributed by atoms with E-state index in [9.17, 15) is 0 Å². The monoisotopic (exact) mass is 478 g/mol. The minimum Gasteiger partial charge on any atom is -0.382 e. The fourth-order valence-corrected chi connectivity index (χ4v) is 4.42. The Hall–Kier alpha value is -4.66. The van der Waals surface area contributed by atoms with Crippen LogP contribution in [-0.2, 0) is 0 Å². The number of imidazole rings is 1. The standard InChI is InChI=1S/C27H23FN8/c1-15(2)34-18-10-17(11-30-12-18)24-23(28)22-21(13-31-24)32-14-33-26(22)27-35-20-5-3-4-19(25(20)36-27)16-6-8-29-9-7-16/h3-13,15,32,34H,14H2,1-2H3,(H,35,36). The van der Waals surface area contributed by atoms with E-state index < -0.39 is 5.82 Å². The summed E-state index contributed by atoms with van der Waals surface area (Å²) in [7, 11) is 0. The van der Waals surface area contributed by atoms with Gasteiger partial charge in [0.2, 0.25) is 0 Å². The van der Waals surface area contributed by atoms with Gasteiger partial charge in [0.05, 0.1) is 34.2 Å². The molecule has 6 rings (SSSR count). The summed E-state index contributed by atoms with van der Waals surface area (Å²) >= 11 is 0. The average Bonchev–Trinajstić information content (AvgIpc) is 3.33. The summed E-state index contributed by atoms with van der Waals surface area (Å²) in [6.45, 7) is 4.37. The second kappa shape index (κ2) is 8.84. The summed E-state index contributed by atoms with van der Waals surface area (Å²) in [5.41, 5.74) is 6.53. The summed E-state index contributed by atoms with van der Waals surface area (Å²) in [5, 5.41) is 6.42. The van der Waals surface area contributed by atoms with E-state index in [0.29, 0.717) is 35.0 Å². The molecule has 1 aliphatic heterocycles. The number of fused-ring (bicyclic) bond motifs is 2. The number of halogens is 1. The molecule has 0 fully saturated rings. The molecule has 1 aliphatic rings. The van der Waals surface area contributed by atoms with Crippen LogP contribution in [0.5, 0.6) is 0 Å². The zero-order valence-electron chi connectivity index (χ0n) is 19.7. The average molecular weight is 479 g/mol. The van der Waals surface area contributed by atoms with Crippen molar-refractivity contribution in [3.05, 3.63) is 84.6 Å². The number of H-pyrrole nitrogens is 1. The summed E-state index contributed by atoms with van der Waals surface area (Å²) in [4.78, 5) is 25.6. The molecule has 0 amide bonds. The topological polar surface area (TPSA) is 104 Å². The van der Waals surface area contributed by atoms with E-state index in [0.717, 1.165) is 27.8 Å². The van der Waals surface area contributed by atoms with E-state index in [4.69, 9.17) is 4.98 Å². The predicted molar refractivity (Wildman–Crippen MR) is 140 cm³/mol. The second-order valence-electron chi connectivity index (χ2n) is 8.84. The lowest BCUT2D eigenvalue weighted by Gasteiger charge is -2.19. The van der Waals surface area contributed by atoms with Crippen LogP contribution in [0.4, 0.5) is 15.8 Å². The van der Waals surface area contributed by atoms with Crippen molar-refractivity contribution in [1.82, 2.24) is 24.9 Å². The fourth-order valence-electron chi connectivity index (χ4n) is 4.42. The summed E-state index contributed by atoms with van der Waals surface area (Å²) in [5.74, 6) is 0.0235. The molecule has 0 atom stereocenters. The van der Waals surface area contributed by atoms with Crippen LogP contribution in [-0.4, -0.2) is 43.3 Å². The van der Waals surface area contributed by atoms with Gasteiger partial charge in [-0.25, -0.2) is 9.37 Å². The molecule has 178 valence electrons. The van der Waals surface area contributed by atoms with Crippen molar-refractivity contribution in [2.24, 2.45) is 4.99 Å². The van der Waals surface area contributed by atoms with Crippen molar-refractivity contribution in [3.8, 4) is 22.4 Å². The predicted octanol–water partition coefficient (Wildman–Crippen LogP) is 5.26. The van der Waals surface area contributed by atoms with Gasteiger partial charge in [-0.1, -0.05) is 12.1 Å². The SMILES string of the molecule is CC(C)Nc1cncc(-c2ncc3c(c2F)C(c2nc4c(-c5ccncc5)cccc4[nH]2)=NCN3)c1. The quantitative estimate of drug-likeness (QED) is 0.318. The van der Waals surface area contributed by atoms with Crippen molar-refractivity contribution in [2.45, 2.75) is 19.9 Å². The molecule has 0 bridgehead atoms. The van der Waals surface area contributed by atoms with Gasteiger partial charge in [-0.3, -0.25) is 19.9 Å². The molecular weight excluding hydrogens is 455 g/mol. The van der Waals surface area contributed by atoms with Crippen molar-refractivity contribution in [2.75, 3.05) is 17.3 Å². The zero-order valence-corrected chi connectivity index (χ0v) is 19.7. The Morgan fingerprint density at radius 3 is 2.69 bits per heavy atom. The van der Waals surface area contributed by atoms with E-state index in [1.807, 2.05) is 50.2 Å². The normalized spacial score (nSPS) is 12.8. The molecule has 0 spiro atoms. The minimum atomic E-state index is -0.475. The van der Waals surface area contributed by atoms with Gasteiger partial charge >= 0.3 is 0 Å². The highest BCUT2D eigenvalue weighted by Crippen LogP contribution is 2.33. The first-order chi connectivity index (χ1) is 17.6. The highest BCUT2D eigenvalue weighted by Gasteiger charge is 2.26. The van der Waals surface area contributed by atoms with Gasteiger partial charge in [-0.2, -0.15) is 0 Å². The Morgan fingerprint density at radius 2 is 1.86 bits per heavy atom. The Morgan fingerprint density at radius 1 is 1.00 bits per heavy atom. The molecule has 0 saturated heterocycles. The van der Waals surface area contributed by atoms with E-state index in [1.165, 1.54) is 0 Å². The molecule has 0 unspecified atom stereocenters. The van der Waals surface area contributed by atoms with Gasteiger partial charge < -0.3 is 15.6 Å². The number of anilines is 2. The Labute approximate surface area is 206 Å². The van der Waals surface area contributed by atoms with Crippen LogP contribution in [0.15, 0.2) is 72.4 Å². The molecule has 4 aromatic heterocycles. The third-order valence-corrected chi connectivity index (χ3v) is 5.96. The van der Waals surface area contributed by atoms with Crippen LogP contribution in [0.1, 0.15) is 25.2 Å². The molecule has 0 radical (unpaired) electrons. The summed E-state index contributed by atoms with van der Waals surface area (Å²) in [6.07, 6.45) is 8.45. The van der Waals surface area contributed by atoms with E-state index >= 15 is 4.39 Å². The molecule has 8 nitrogen and oxygen atoms in total. The maximum atomic E-state index is 16.1. The van der Waals surface area contributed by atoms with Gasteiger partial charge in [0, 0.05) is 42.0 Å². The van der Waals surface area contributed by atoms with Crippen molar-refractivity contribution in [1.29, 1.82) is 0 Å².